The van der Waals surface area contributed by atoms with Crippen LogP contribution in [-0.4, -0.2) is 39.8 Å². The van der Waals surface area contributed by atoms with Crippen LogP contribution in [0.1, 0.15) is 44.6 Å². The highest BCUT2D eigenvalue weighted by molar-refractivity contribution is 14.0. The number of aromatic nitrogens is 2. The van der Waals surface area contributed by atoms with E-state index in [1.807, 2.05) is 18.8 Å². The summed E-state index contributed by atoms with van der Waals surface area (Å²) in [5, 5.41) is 7.97. The Bertz CT molecular complexity index is 571. The van der Waals surface area contributed by atoms with Crippen molar-refractivity contribution < 1.29 is 0 Å². The average Bonchev–Trinajstić information content (AvgIpc) is 2.63. The summed E-state index contributed by atoms with van der Waals surface area (Å²) in [5.74, 6) is 0.974. The number of hydrogen-bond acceptors (Lipinski definition) is 2. The SMILES string of the molecule is CN=C(NCc1c(C)nn(C)c1C)N1CC(C)(C)C1(C)C.I. The van der Waals surface area contributed by atoms with Crippen LogP contribution in [0.15, 0.2) is 4.99 Å². The van der Waals surface area contributed by atoms with E-state index in [1.165, 1.54) is 11.3 Å². The molecule has 0 atom stereocenters. The third kappa shape index (κ3) is 2.98. The summed E-state index contributed by atoms with van der Waals surface area (Å²) in [7, 11) is 3.84. The fourth-order valence-electron chi connectivity index (χ4n) is 2.94. The van der Waals surface area contributed by atoms with Gasteiger partial charge in [0.2, 0.25) is 0 Å². The predicted molar refractivity (Wildman–Crippen MR) is 103 cm³/mol. The molecule has 0 unspecified atom stereocenters. The van der Waals surface area contributed by atoms with Crippen LogP contribution in [0.4, 0.5) is 0 Å². The quantitative estimate of drug-likeness (QED) is 0.456. The molecular weight excluding hydrogens is 389 g/mol. The Labute approximate surface area is 151 Å². The zero-order chi connectivity index (χ0) is 16.0. The highest BCUT2D eigenvalue weighted by Gasteiger charge is 2.53. The molecule has 1 aromatic heterocycles. The van der Waals surface area contributed by atoms with Crippen molar-refractivity contribution >= 4 is 29.9 Å². The normalized spacial score (nSPS) is 19.5. The molecule has 1 aliphatic heterocycles. The van der Waals surface area contributed by atoms with Gasteiger partial charge in [-0.15, -0.1) is 24.0 Å². The molecule has 22 heavy (non-hydrogen) atoms. The van der Waals surface area contributed by atoms with Crippen LogP contribution in [0.2, 0.25) is 0 Å². The number of likely N-dealkylation sites (tertiary alicyclic amines) is 1. The monoisotopic (exact) mass is 419 g/mol. The molecule has 1 fully saturated rings. The highest BCUT2D eigenvalue weighted by Crippen LogP contribution is 2.46. The first kappa shape index (κ1) is 19.3. The summed E-state index contributed by atoms with van der Waals surface area (Å²) >= 11 is 0. The van der Waals surface area contributed by atoms with E-state index >= 15 is 0 Å². The van der Waals surface area contributed by atoms with Crippen molar-refractivity contribution in [3.05, 3.63) is 17.0 Å². The van der Waals surface area contributed by atoms with E-state index < -0.39 is 0 Å². The van der Waals surface area contributed by atoms with Crippen LogP contribution < -0.4 is 5.32 Å². The molecule has 2 rings (SSSR count). The van der Waals surface area contributed by atoms with Gasteiger partial charge in [-0.1, -0.05) is 13.8 Å². The Balaban J connectivity index is 0.00000242. The smallest absolute Gasteiger partial charge is 0.194 e. The van der Waals surface area contributed by atoms with Crippen molar-refractivity contribution in [2.24, 2.45) is 17.5 Å². The summed E-state index contributed by atoms with van der Waals surface area (Å²) < 4.78 is 1.94. The minimum Gasteiger partial charge on any atom is -0.352 e. The lowest BCUT2D eigenvalue weighted by Gasteiger charge is -2.62. The maximum Gasteiger partial charge on any atom is 0.194 e. The summed E-state index contributed by atoms with van der Waals surface area (Å²) in [6.45, 7) is 15.2. The molecular formula is C16H30IN5. The second-order valence-corrected chi connectivity index (χ2v) is 7.20. The van der Waals surface area contributed by atoms with Gasteiger partial charge < -0.3 is 10.2 Å². The van der Waals surface area contributed by atoms with E-state index in [4.69, 9.17) is 0 Å². The standard InChI is InChI=1S/C16H29N5.HI/c1-11-13(12(2)20(8)19-11)9-18-14(17-7)21-10-15(3,4)16(21,5)6;/h9-10H2,1-8H3,(H,17,18);1H. The van der Waals surface area contributed by atoms with E-state index in [-0.39, 0.29) is 29.5 Å². The van der Waals surface area contributed by atoms with Crippen molar-refractivity contribution in [3.63, 3.8) is 0 Å². The molecule has 2 heterocycles. The molecule has 0 amide bonds. The van der Waals surface area contributed by atoms with Gasteiger partial charge in [-0.25, -0.2) is 0 Å². The first-order valence-electron chi connectivity index (χ1n) is 7.59. The number of nitrogens with one attached hydrogen (secondary N) is 1. The van der Waals surface area contributed by atoms with E-state index in [1.54, 1.807) is 0 Å². The molecule has 1 saturated heterocycles. The van der Waals surface area contributed by atoms with Crippen LogP contribution in [0.25, 0.3) is 0 Å². The van der Waals surface area contributed by atoms with Crippen LogP contribution in [0.5, 0.6) is 0 Å². The van der Waals surface area contributed by atoms with Gasteiger partial charge in [-0.05, 0) is 27.7 Å². The highest BCUT2D eigenvalue weighted by atomic mass is 127. The summed E-state index contributed by atoms with van der Waals surface area (Å²) in [6.07, 6.45) is 0. The van der Waals surface area contributed by atoms with Gasteiger partial charge in [0.1, 0.15) is 0 Å². The lowest BCUT2D eigenvalue weighted by Crippen LogP contribution is -2.72. The predicted octanol–water partition coefficient (Wildman–Crippen LogP) is 2.85. The van der Waals surface area contributed by atoms with Crippen molar-refractivity contribution in [3.8, 4) is 0 Å². The molecule has 5 nitrogen and oxygen atoms in total. The topological polar surface area (TPSA) is 45.5 Å². The molecule has 1 aromatic rings. The van der Waals surface area contributed by atoms with Crippen molar-refractivity contribution in [1.82, 2.24) is 20.0 Å². The van der Waals surface area contributed by atoms with Gasteiger partial charge >= 0.3 is 0 Å². The maximum absolute atomic E-state index is 4.47. The molecule has 0 bridgehead atoms. The third-order valence-electron chi connectivity index (χ3n) is 5.43. The number of guanidine groups is 1. The largest absolute Gasteiger partial charge is 0.352 e. The zero-order valence-corrected chi connectivity index (χ0v) is 17.4. The van der Waals surface area contributed by atoms with E-state index in [2.05, 4.69) is 61.9 Å². The average molecular weight is 419 g/mol. The van der Waals surface area contributed by atoms with Crippen LogP contribution in [0.3, 0.4) is 0 Å². The number of aliphatic imine (C=N–C) groups is 1. The first-order valence-corrected chi connectivity index (χ1v) is 7.59. The molecule has 1 N–H and O–H groups in total. The Hall–Kier alpha value is -0.790. The Kier molecular flexibility index (Phi) is 5.58. The zero-order valence-electron chi connectivity index (χ0n) is 15.1. The third-order valence-corrected chi connectivity index (χ3v) is 5.43. The summed E-state index contributed by atoms with van der Waals surface area (Å²) in [6, 6.07) is 0. The molecule has 0 spiro atoms. The second-order valence-electron chi connectivity index (χ2n) is 7.20. The van der Waals surface area contributed by atoms with Crippen molar-refractivity contribution in [2.45, 2.75) is 53.6 Å². The number of halogens is 1. The Morgan fingerprint density at radius 2 is 1.86 bits per heavy atom. The Morgan fingerprint density at radius 1 is 1.27 bits per heavy atom. The first-order chi connectivity index (χ1) is 9.61. The van der Waals surface area contributed by atoms with E-state index in [0.29, 0.717) is 5.41 Å². The van der Waals surface area contributed by atoms with Crippen LogP contribution in [0, 0.1) is 19.3 Å². The number of aryl methyl sites for hydroxylation is 2. The van der Waals surface area contributed by atoms with Crippen molar-refractivity contribution in [2.75, 3.05) is 13.6 Å². The van der Waals surface area contributed by atoms with E-state index in [9.17, 15) is 0 Å². The molecule has 0 aromatic carbocycles. The van der Waals surface area contributed by atoms with Crippen LogP contribution >= 0.6 is 24.0 Å². The van der Waals surface area contributed by atoms with Crippen molar-refractivity contribution in [1.29, 1.82) is 0 Å². The minimum absolute atomic E-state index is 0. The molecule has 126 valence electrons. The molecule has 0 aliphatic carbocycles. The molecule has 1 aliphatic rings. The second kappa shape index (κ2) is 6.37. The Morgan fingerprint density at radius 3 is 2.23 bits per heavy atom. The van der Waals surface area contributed by atoms with Gasteiger partial charge in [-0.3, -0.25) is 9.67 Å². The summed E-state index contributed by atoms with van der Waals surface area (Å²) in [5.41, 5.74) is 3.98. The lowest BCUT2D eigenvalue weighted by molar-refractivity contribution is -0.0667. The fourth-order valence-corrected chi connectivity index (χ4v) is 2.94. The van der Waals surface area contributed by atoms with Gasteiger partial charge in [0.05, 0.1) is 5.69 Å². The van der Waals surface area contributed by atoms with E-state index in [0.717, 1.165) is 24.7 Å². The maximum atomic E-state index is 4.47. The molecule has 0 radical (unpaired) electrons. The minimum atomic E-state index is 0. The van der Waals surface area contributed by atoms with Gasteiger partial charge in [-0.2, -0.15) is 5.10 Å². The molecule has 0 saturated carbocycles. The number of rotatable bonds is 2. The van der Waals surface area contributed by atoms with Gasteiger partial charge in [0.15, 0.2) is 5.96 Å². The van der Waals surface area contributed by atoms with Gasteiger partial charge in [0, 0.05) is 49.4 Å². The lowest BCUT2D eigenvalue weighted by atomic mass is 9.65. The fraction of sp³-hybridized carbons (Fsp3) is 0.750. The van der Waals surface area contributed by atoms with Crippen LogP contribution in [-0.2, 0) is 13.6 Å². The number of hydrogen-bond donors (Lipinski definition) is 1. The number of nitrogens with zero attached hydrogens (tertiary/aromatic N) is 4. The summed E-state index contributed by atoms with van der Waals surface area (Å²) in [4.78, 5) is 6.81. The molecule has 6 heteroatoms. The van der Waals surface area contributed by atoms with Gasteiger partial charge in [0.25, 0.3) is 0 Å².